The van der Waals surface area contributed by atoms with E-state index in [0.717, 1.165) is 11.1 Å². The summed E-state index contributed by atoms with van der Waals surface area (Å²) in [5, 5.41) is 3.43. The van der Waals surface area contributed by atoms with Crippen molar-refractivity contribution in [3.8, 4) is 17.0 Å². The maximum atomic E-state index is 13.1. The second kappa shape index (κ2) is 8.44. The fourth-order valence-corrected chi connectivity index (χ4v) is 4.03. The molecule has 3 aromatic carbocycles. The normalized spacial score (nSPS) is 11.1. The van der Waals surface area contributed by atoms with Crippen LogP contribution < -0.4 is 15.6 Å². The number of carbonyl (C=O) groups is 1. The lowest BCUT2D eigenvalue weighted by Gasteiger charge is -2.09. The molecule has 0 bridgehead atoms. The largest absolute Gasteiger partial charge is 0.497 e. The van der Waals surface area contributed by atoms with Crippen LogP contribution in [-0.4, -0.2) is 27.0 Å². The summed E-state index contributed by atoms with van der Waals surface area (Å²) in [5.74, 6) is 0.835. The van der Waals surface area contributed by atoms with Crippen LogP contribution in [0.2, 0.25) is 5.02 Å². The molecule has 0 fully saturated rings. The van der Waals surface area contributed by atoms with Gasteiger partial charge in [-0.25, -0.2) is 9.38 Å². The average Bonchev–Trinajstić information content (AvgIpc) is 3.13. The zero-order chi connectivity index (χ0) is 22.9. The molecule has 0 aliphatic carbocycles. The van der Waals surface area contributed by atoms with Crippen molar-refractivity contribution >= 4 is 40.0 Å². The molecule has 5 aromatic rings. The summed E-state index contributed by atoms with van der Waals surface area (Å²) in [7, 11) is 1.59. The molecule has 0 aliphatic rings. The molecule has 33 heavy (non-hydrogen) atoms. The zero-order valence-electron chi connectivity index (χ0n) is 17.7. The third kappa shape index (κ3) is 3.94. The van der Waals surface area contributed by atoms with Crippen LogP contribution in [0, 0.1) is 0 Å². The lowest BCUT2D eigenvalue weighted by molar-refractivity contribution is -0.116. The molecule has 164 valence electrons. The maximum Gasteiger partial charge on any atom is 0.260 e. The Morgan fingerprint density at radius 1 is 1.00 bits per heavy atom. The van der Waals surface area contributed by atoms with Crippen LogP contribution in [0.15, 0.2) is 83.7 Å². The summed E-state index contributed by atoms with van der Waals surface area (Å²) < 4.78 is 8.41. The number of imidazole rings is 1. The number of hydrogen-bond donors (Lipinski definition) is 1. The lowest BCUT2D eigenvalue weighted by Crippen LogP contribution is -2.20. The van der Waals surface area contributed by atoms with Gasteiger partial charge in [0.25, 0.3) is 5.56 Å². The van der Waals surface area contributed by atoms with E-state index in [1.54, 1.807) is 54.1 Å². The van der Waals surface area contributed by atoms with Gasteiger partial charge < -0.3 is 14.6 Å². The van der Waals surface area contributed by atoms with Crippen LogP contribution in [0.5, 0.6) is 5.75 Å². The van der Waals surface area contributed by atoms with Crippen molar-refractivity contribution in [2.24, 2.45) is 0 Å². The first-order valence-corrected chi connectivity index (χ1v) is 10.6. The van der Waals surface area contributed by atoms with Gasteiger partial charge in [0.15, 0.2) is 0 Å². The summed E-state index contributed by atoms with van der Waals surface area (Å²) in [4.78, 5) is 30.7. The number of nitrogens with one attached hydrogen (secondary N) is 1. The maximum absolute atomic E-state index is 13.1. The third-order valence-electron chi connectivity index (χ3n) is 5.35. The van der Waals surface area contributed by atoms with Crippen molar-refractivity contribution < 1.29 is 9.53 Å². The Morgan fingerprint density at radius 3 is 2.48 bits per heavy atom. The second-order valence-corrected chi connectivity index (χ2v) is 7.91. The highest BCUT2D eigenvalue weighted by Crippen LogP contribution is 2.24. The van der Waals surface area contributed by atoms with Crippen molar-refractivity contribution in [2.75, 3.05) is 12.4 Å². The van der Waals surface area contributed by atoms with Gasteiger partial charge in [0.05, 0.1) is 23.8 Å². The fraction of sp³-hybridized carbons (Fsp3) is 0.0800. The fourth-order valence-electron chi connectivity index (χ4n) is 3.84. The first-order chi connectivity index (χ1) is 16.0. The molecule has 0 radical (unpaired) electrons. The van der Waals surface area contributed by atoms with Gasteiger partial charge in [-0.2, -0.15) is 0 Å². The number of hydrogen-bond acceptors (Lipinski definition) is 4. The number of para-hydroxylation sites is 2. The topological polar surface area (TPSA) is 77.6 Å². The number of benzene rings is 3. The van der Waals surface area contributed by atoms with E-state index in [-0.39, 0.29) is 18.0 Å². The molecule has 2 aromatic heterocycles. The number of nitrogens with zero attached hydrogens (tertiary/aromatic N) is 3. The van der Waals surface area contributed by atoms with Crippen LogP contribution in [0.1, 0.15) is 0 Å². The smallest absolute Gasteiger partial charge is 0.260 e. The first-order valence-electron chi connectivity index (χ1n) is 10.2. The summed E-state index contributed by atoms with van der Waals surface area (Å²) in [5.41, 5.74) is 3.03. The van der Waals surface area contributed by atoms with E-state index in [1.165, 1.54) is 10.5 Å². The molecule has 7 nitrogen and oxygen atoms in total. The molecule has 0 unspecified atom stereocenters. The molecule has 0 saturated heterocycles. The number of halogens is 1. The number of methoxy groups -OCH3 is 1. The zero-order valence-corrected chi connectivity index (χ0v) is 18.4. The van der Waals surface area contributed by atoms with E-state index >= 15 is 0 Å². The predicted octanol–water partition coefficient (Wildman–Crippen LogP) is 4.62. The molecule has 1 amide bonds. The van der Waals surface area contributed by atoms with Gasteiger partial charge in [0.2, 0.25) is 11.7 Å². The Labute approximate surface area is 193 Å². The minimum absolute atomic E-state index is 0.0194. The lowest BCUT2D eigenvalue weighted by atomic mass is 10.1. The number of carbonyl (C=O) groups excluding carboxylic acids is 1. The van der Waals surface area contributed by atoms with Crippen molar-refractivity contribution in [1.82, 2.24) is 14.0 Å². The average molecular weight is 459 g/mol. The monoisotopic (exact) mass is 458 g/mol. The van der Waals surface area contributed by atoms with E-state index in [1.807, 2.05) is 30.3 Å². The second-order valence-electron chi connectivity index (χ2n) is 7.48. The Balaban J connectivity index is 1.60. The van der Waals surface area contributed by atoms with Gasteiger partial charge in [-0.3, -0.25) is 9.59 Å². The minimum atomic E-state index is -0.245. The molecule has 0 aliphatic heterocycles. The Bertz CT molecular complexity index is 1550. The molecule has 0 spiro atoms. The van der Waals surface area contributed by atoms with Gasteiger partial charge >= 0.3 is 0 Å². The van der Waals surface area contributed by atoms with E-state index in [0.29, 0.717) is 33.4 Å². The minimum Gasteiger partial charge on any atom is -0.497 e. The highest BCUT2D eigenvalue weighted by Gasteiger charge is 2.17. The third-order valence-corrected chi connectivity index (χ3v) is 5.59. The van der Waals surface area contributed by atoms with Crippen LogP contribution in [0.25, 0.3) is 28.1 Å². The highest BCUT2D eigenvalue weighted by molar-refractivity contribution is 6.30. The summed E-state index contributed by atoms with van der Waals surface area (Å²) in [6.45, 7) is -0.0194. The molecule has 8 heteroatoms. The van der Waals surface area contributed by atoms with E-state index in [2.05, 4.69) is 5.32 Å². The Morgan fingerprint density at radius 2 is 1.76 bits per heavy atom. The summed E-state index contributed by atoms with van der Waals surface area (Å²) in [6, 6.07) is 23.1. The van der Waals surface area contributed by atoms with E-state index < -0.39 is 0 Å². The number of aromatic nitrogens is 3. The molecule has 0 saturated carbocycles. The van der Waals surface area contributed by atoms with Crippen molar-refractivity contribution in [3.63, 3.8) is 0 Å². The van der Waals surface area contributed by atoms with Crippen LogP contribution >= 0.6 is 11.6 Å². The number of anilines is 1. The number of fused-ring (bicyclic) bond motifs is 3. The quantitative estimate of drug-likeness (QED) is 0.417. The highest BCUT2D eigenvalue weighted by atomic mass is 35.5. The van der Waals surface area contributed by atoms with Crippen LogP contribution in [0.3, 0.4) is 0 Å². The Hall–Kier alpha value is -4.10. The molecule has 1 N–H and O–H groups in total. The molecule has 0 atom stereocenters. The SMILES string of the molecule is COc1ccc(NC(=O)Cn2c3ccccc3n3c(=O)cc(-c4cccc(Cl)c4)nc23)cc1. The van der Waals surface area contributed by atoms with Crippen LogP contribution in [0.4, 0.5) is 5.69 Å². The number of rotatable bonds is 5. The van der Waals surface area contributed by atoms with Gasteiger partial charge in [-0.1, -0.05) is 35.9 Å². The molecule has 2 heterocycles. The van der Waals surface area contributed by atoms with Gasteiger partial charge in [-0.15, -0.1) is 0 Å². The summed E-state index contributed by atoms with van der Waals surface area (Å²) >= 11 is 6.14. The standard InChI is InChI=1S/C25H19ClN4O3/c1-33-19-11-9-18(10-12-19)27-23(31)15-29-21-7-2-3-8-22(21)30-24(32)14-20(28-25(29)30)16-5-4-6-17(26)13-16/h2-14H,15H2,1H3,(H,27,31). The van der Waals surface area contributed by atoms with Crippen LogP contribution in [-0.2, 0) is 11.3 Å². The van der Waals surface area contributed by atoms with Crippen molar-refractivity contribution in [3.05, 3.63) is 94.2 Å². The van der Waals surface area contributed by atoms with Gasteiger partial charge in [0, 0.05) is 22.3 Å². The number of ether oxygens (including phenoxy) is 1. The van der Waals surface area contributed by atoms with E-state index in [9.17, 15) is 9.59 Å². The number of amides is 1. The molecular formula is C25H19ClN4O3. The molecule has 5 rings (SSSR count). The van der Waals surface area contributed by atoms with E-state index in [4.69, 9.17) is 21.3 Å². The molecular weight excluding hydrogens is 440 g/mol. The van der Waals surface area contributed by atoms with Crippen molar-refractivity contribution in [1.29, 1.82) is 0 Å². The Kier molecular flexibility index (Phi) is 5.32. The first kappa shape index (κ1) is 20.8. The van der Waals surface area contributed by atoms with Gasteiger partial charge in [0.1, 0.15) is 12.3 Å². The summed E-state index contributed by atoms with van der Waals surface area (Å²) in [6.07, 6.45) is 0. The van der Waals surface area contributed by atoms with Crippen molar-refractivity contribution in [2.45, 2.75) is 6.54 Å². The predicted molar refractivity (Wildman–Crippen MR) is 129 cm³/mol. The van der Waals surface area contributed by atoms with Gasteiger partial charge in [-0.05, 0) is 48.5 Å².